The zero-order valence-corrected chi connectivity index (χ0v) is 15.3. The minimum Gasteiger partial charge on any atom is -0.0845 e. The molecule has 4 aliphatic carbocycles. The first-order valence-corrected chi connectivity index (χ1v) is 10.2. The van der Waals surface area contributed by atoms with Crippen LogP contribution in [0.15, 0.2) is 11.6 Å². The van der Waals surface area contributed by atoms with Gasteiger partial charge in [-0.3, -0.25) is 0 Å². The Kier molecular flexibility index (Phi) is 3.55. The van der Waals surface area contributed by atoms with Gasteiger partial charge in [0.15, 0.2) is 0 Å². The molecule has 0 bridgehead atoms. The first kappa shape index (κ1) is 15.3. The molecular formula is C22H36. The Labute approximate surface area is 138 Å². The summed E-state index contributed by atoms with van der Waals surface area (Å²) < 4.78 is 0. The molecule has 0 heterocycles. The van der Waals surface area contributed by atoms with Gasteiger partial charge in [-0.1, -0.05) is 45.8 Å². The van der Waals surface area contributed by atoms with Gasteiger partial charge in [0.25, 0.3) is 0 Å². The maximum absolute atomic E-state index is 2.72. The summed E-state index contributed by atoms with van der Waals surface area (Å²) in [5.74, 6) is 4.91. The van der Waals surface area contributed by atoms with E-state index in [4.69, 9.17) is 0 Å². The second-order valence-electron chi connectivity index (χ2n) is 9.94. The van der Waals surface area contributed by atoms with E-state index >= 15 is 0 Å². The Bertz CT molecular complexity index is 472. The summed E-state index contributed by atoms with van der Waals surface area (Å²) in [5.41, 5.74) is 3.10. The van der Waals surface area contributed by atoms with Gasteiger partial charge in [-0.15, -0.1) is 0 Å². The molecule has 0 heteroatoms. The standard InChI is InChI=1S/C22H36/c1-15(2)18-10-11-19-17-9-8-16-7-5-6-13-21(16,3)20(17)12-14-22(18,19)4/h8,15,17-20H,5-7,9-14H2,1-4H3/t17?,18-,19?,20?,21+,22-/m1/s1. The van der Waals surface area contributed by atoms with Crippen LogP contribution in [0.4, 0.5) is 0 Å². The van der Waals surface area contributed by atoms with Crippen molar-refractivity contribution in [1.29, 1.82) is 0 Å². The van der Waals surface area contributed by atoms with Gasteiger partial charge in [-0.25, -0.2) is 0 Å². The number of rotatable bonds is 1. The van der Waals surface area contributed by atoms with Gasteiger partial charge in [-0.05, 0) is 91.8 Å². The second-order valence-corrected chi connectivity index (χ2v) is 9.94. The molecule has 0 spiro atoms. The first-order valence-electron chi connectivity index (χ1n) is 10.2. The molecule has 0 aliphatic heterocycles. The van der Waals surface area contributed by atoms with Crippen molar-refractivity contribution in [3.63, 3.8) is 0 Å². The highest BCUT2D eigenvalue weighted by Gasteiger charge is 2.58. The molecule has 3 saturated carbocycles. The third-order valence-corrected chi connectivity index (χ3v) is 8.90. The summed E-state index contributed by atoms with van der Waals surface area (Å²) >= 11 is 0. The zero-order valence-electron chi connectivity index (χ0n) is 15.3. The van der Waals surface area contributed by atoms with E-state index in [0.29, 0.717) is 10.8 Å². The van der Waals surface area contributed by atoms with Crippen LogP contribution in [0, 0.1) is 40.4 Å². The van der Waals surface area contributed by atoms with E-state index in [1.807, 2.05) is 5.57 Å². The van der Waals surface area contributed by atoms with E-state index in [1.165, 1.54) is 57.8 Å². The number of fused-ring (bicyclic) bond motifs is 5. The summed E-state index contributed by atoms with van der Waals surface area (Å²) in [6, 6.07) is 0. The van der Waals surface area contributed by atoms with Crippen molar-refractivity contribution in [3.05, 3.63) is 11.6 Å². The van der Waals surface area contributed by atoms with E-state index in [1.54, 1.807) is 0 Å². The minimum atomic E-state index is 0.582. The van der Waals surface area contributed by atoms with Crippen molar-refractivity contribution in [2.24, 2.45) is 40.4 Å². The van der Waals surface area contributed by atoms with Crippen LogP contribution in [-0.4, -0.2) is 0 Å². The Morgan fingerprint density at radius 3 is 2.59 bits per heavy atom. The van der Waals surface area contributed by atoms with Gasteiger partial charge < -0.3 is 0 Å². The lowest BCUT2D eigenvalue weighted by molar-refractivity contribution is -0.0480. The SMILES string of the molecule is CC(C)[C@H]1CCC2C3CC=C4CCCC[C@]4(C)C3CC[C@@]21C. The smallest absolute Gasteiger partial charge is 0.00853 e. The predicted molar refractivity (Wildman–Crippen MR) is 94.6 cm³/mol. The molecule has 0 aromatic carbocycles. The van der Waals surface area contributed by atoms with E-state index in [2.05, 4.69) is 33.8 Å². The summed E-state index contributed by atoms with van der Waals surface area (Å²) in [6.45, 7) is 10.3. The Hall–Kier alpha value is -0.260. The van der Waals surface area contributed by atoms with E-state index in [9.17, 15) is 0 Å². The summed E-state index contributed by atoms with van der Waals surface area (Å²) in [4.78, 5) is 0. The molecule has 0 aromatic rings. The summed E-state index contributed by atoms with van der Waals surface area (Å²) in [7, 11) is 0. The van der Waals surface area contributed by atoms with Crippen LogP contribution in [-0.2, 0) is 0 Å². The Morgan fingerprint density at radius 2 is 1.82 bits per heavy atom. The van der Waals surface area contributed by atoms with Gasteiger partial charge in [-0.2, -0.15) is 0 Å². The molecule has 4 rings (SSSR count). The summed E-state index contributed by atoms with van der Waals surface area (Å²) in [5, 5.41) is 0. The largest absolute Gasteiger partial charge is 0.0845 e. The molecule has 6 atom stereocenters. The fourth-order valence-corrected chi connectivity index (χ4v) is 7.83. The highest BCUT2D eigenvalue weighted by atomic mass is 14.6. The molecule has 4 aliphatic rings. The first-order chi connectivity index (χ1) is 10.5. The van der Waals surface area contributed by atoms with Crippen LogP contribution in [0.25, 0.3) is 0 Å². The monoisotopic (exact) mass is 300 g/mol. The molecule has 22 heavy (non-hydrogen) atoms. The molecule has 0 radical (unpaired) electrons. The van der Waals surface area contributed by atoms with Crippen molar-refractivity contribution in [3.8, 4) is 0 Å². The van der Waals surface area contributed by atoms with E-state index in [0.717, 1.165) is 29.6 Å². The van der Waals surface area contributed by atoms with E-state index < -0.39 is 0 Å². The normalized spacial score (nSPS) is 51.0. The molecule has 3 unspecified atom stereocenters. The van der Waals surface area contributed by atoms with Crippen LogP contribution in [0.2, 0.25) is 0 Å². The van der Waals surface area contributed by atoms with E-state index in [-0.39, 0.29) is 0 Å². The average molecular weight is 301 g/mol. The number of hydrogen-bond donors (Lipinski definition) is 0. The maximum atomic E-state index is 2.72. The fourth-order valence-electron chi connectivity index (χ4n) is 7.83. The van der Waals surface area contributed by atoms with Gasteiger partial charge in [0.05, 0.1) is 0 Å². The topological polar surface area (TPSA) is 0 Å². The fraction of sp³-hybridized carbons (Fsp3) is 0.909. The van der Waals surface area contributed by atoms with Crippen molar-refractivity contribution in [2.45, 2.75) is 85.5 Å². The lowest BCUT2D eigenvalue weighted by Gasteiger charge is -2.58. The molecule has 0 saturated heterocycles. The van der Waals surface area contributed by atoms with Gasteiger partial charge in [0, 0.05) is 0 Å². The van der Waals surface area contributed by atoms with Crippen molar-refractivity contribution < 1.29 is 0 Å². The van der Waals surface area contributed by atoms with Crippen LogP contribution in [0.5, 0.6) is 0 Å². The van der Waals surface area contributed by atoms with Crippen molar-refractivity contribution >= 4 is 0 Å². The Morgan fingerprint density at radius 1 is 1.00 bits per heavy atom. The Balaban J connectivity index is 1.66. The van der Waals surface area contributed by atoms with Gasteiger partial charge >= 0.3 is 0 Å². The highest BCUT2D eigenvalue weighted by Crippen LogP contribution is 2.67. The second kappa shape index (κ2) is 5.12. The zero-order chi connectivity index (χ0) is 15.5. The average Bonchev–Trinajstić information content (AvgIpc) is 2.84. The van der Waals surface area contributed by atoms with Crippen LogP contribution >= 0.6 is 0 Å². The maximum Gasteiger partial charge on any atom is -0.00853 e. The molecule has 3 fully saturated rings. The predicted octanol–water partition coefficient (Wildman–Crippen LogP) is 6.61. The van der Waals surface area contributed by atoms with Crippen LogP contribution in [0.3, 0.4) is 0 Å². The van der Waals surface area contributed by atoms with Gasteiger partial charge in [0.2, 0.25) is 0 Å². The number of hydrogen-bond acceptors (Lipinski definition) is 0. The van der Waals surface area contributed by atoms with Crippen molar-refractivity contribution in [2.75, 3.05) is 0 Å². The third kappa shape index (κ3) is 1.94. The summed E-state index contributed by atoms with van der Waals surface area (Å²) in [6.07, 6.45) is 16.0. The molecule has 124 valence electrons. The van der Waals surface area contributed by atoms with Crippen LogP contribution < -0.4 is 0 Å². The number of allylic oxidation sites excluding steroid dienone is 2. The highest BCUT2D eigenvalue weighted by molar-refractivity contribution is 5.24. The lowest BCUT2D eigenvalue weighted by atomic mass is 9.47. The minimum absolute atomic E-state index is 0.582. The molecular weight excluding hydrogens is 264 g/mol. The third-order valence-electron chi connectivity index (χ3n) is 8.90. The van der Waals surface area contributed by atoms with Crippen molar-refractivity contribution in [1.82, 2.24) is 0 Å². The lowest BCUT2D eigenvalue weighted by Crippen LogP contribution is -2.49. The molecule has 0 N–H and O–H groups in total. The molecule has 0 aromatic heterocycles. The van der Waals surface area contributed by atoms with Crippen LogP contribution in [0.1, 0.15) is 85.5 Å². The quantitative estimate of drug-likeness (QED) is 0.478. The molecule has 0 amide bonds. The van der Waals surface area contributed by atoms with Gasteiger partial charge in [0.1, 0.15) is 0 Å². The molecule has 0 nitrogen and oxygen atoms in total.